The number of rotatable bonds is 6. The summed E-state index contributed by atoms with van der Waals surface area (Å²) in [7, 11) is 0. The van der Waals surface area contributed by atoms with Crippen molar-refractivity contribution in [1.82, 2.24) is 14.4 Å². The van der Waals surface area contributed by atoms with Gasteiger partial charge in [-0.25, -0.2) is 4.98 Å². The smallest absolute Gasteiger partial charge is 0.303 e. The number of hydrogen-bond donors (Lipinski definition) is 3. The minimum absolute atomic E-state index is 0.0613. The van der Waals surface area contributed by atoms with Gasteiger partial charge in [0, 0.05) is 25.4 Å². The predicted molar refractivity (Wildman–Crippen MR) is 91.6 cm³/mol. The Morgan fingerprint density at radius 1 is 1.38 bits per heavy atom. The Morgan fingerprint density at radius 3 is 2.96 bits per heavy atom. The largest absolute Gasteiger partial charge is 0.481 e. The molecule has 3 N–H and O–H groups in total. The minimum Gasteiger partial charge on any atom is -0.481 e. The van der Waals surface area contributed by atoms with E-state index < -0.39 is 5.97 Å². The van der Waals surface area contributed by atoms with Gasteiger partial charge in [-0.1, -0.05) is 11.6 Å². The molecule has 3 heterocycles. The number of pyridine rings is 2. The van der Waals surface area contributed by atoms with E-state index in [9.17, 15) is 9.59 Å². The van der Waals surface area contributed by atoms with Gasteiger partial charge < -0.3 is 15.4 Å². The van der Waals surface area contributed by atoms with Gasteiger partial charge in [0.05, 0.1) is 10.6 Å². The molecule has 0 saturated heterocycles. The summed E-state index contributed by atoms with van der Waals surface area (Å²) >= 11 is 6.06. The summed E-state index contributed by atoms with van der Waals surface area (Å²) in [6.45, 7) is 0.435. The van der Waals surface area contributed by atoms with Crippen LogP contribution < -0.4 is 10.9 Å². The third-order valence-electron chi connectivity index (χ3n) is 3.52. The Hall–Kier alpha value is -2.80. The van der Waals surface area contributed by atoms with Crippen molar-refractivity contribution in [3.05, 3.63) is 52.0 Å². The first-order valence-corrected chi connectivity index (χ1v) is 7.75. The molecular weight excluding hydrogens is 332 g/mol. The van der Waals surface area contributed by atoms with Crippen LogP contribution in [0.5, 0.6) is 0 Å². The number of carboxylic acids is 1. The fraction of sp³-hybridized carbons (Fsp3) is 0.188. The van der Waals surface area contributed by atoms with Gasteiger partial charge in [0.1, 0.15) is 17.2 Å². The van der Waals surface area contributed by atoms with E-state index >= 15 is 0 Å². The maximum atomic E-state index is 12.1. The van der Waals surface area contributed by atoms with Crippen LogP contribution in [0.4, 0.5) is 5.82 Å². The van der Waals surface area contributed by atoms with Crippen LogP contribution in [0.1, 0.15) is 12.8 Å². The number of hydrogen-bond acceptors (Lipinski definition) is 4. The highest BCUT2D eigenvalue weighted by Gasteiger charge is 2.16. The Labute approximate surface area is 141 Å². The average molecular weight is 347 g/mol. The summed E-state index contributed by atoms with van der Waals surface area (Å²) in [5.74, 6) is -0.243. The number of nitrogens with one attached hydrogen (secondary N) is 2. The van der Waals surface area contributed by atoms with Crippen LogP contribution in [-0.2, 0) is 4.79 Å². The second kappa shape index (κ2) is 6.76. The molecule has 0 aliphatic rings. The van der Waals surface area contributed by atoms with Crippen molar-refractivity contribution >= 4 is 29.0 Å². The summed E-state index contributed by atoms with van der Waals surface area (Å²) < 4.78 is 1.75. The quantitative estimate of drug-likeness (QED) is 0.596. The predicted octanol–water partition coefficient (Wildman–Crippen LogP) is 2.62. The van der Waals surface area contributed by atoms with Gasteiger partial charge in [-0.2, -0.15) is 0 Å². The molecule has 0 saturated carbocycles. The SMILES string of the molecule is O=C(O)CCCNc1c(-c2ccc[nH]c2=O)nc2ccc(Cl)cn12. The molecule has 24 heavy (non-hydrogen) atoms. The Bertz CT molecular complexity index is 948. The Kier molecular flexibility index (Phi) is 4.52. The summed E-state index contributed by atoms with van der Waals surface area (Å²) in [6, 6.07) is 6.88. The topological polar surface area (TPSA) is 99.5 Å². The first kappa shape index (κ1) is 16.1. The number of carbonyl (C=O) groups is 1. The molecule has 0 amide bonds. The highest BCUT2D eigenvalue weighted by molar-refractivity contribution is 6.30. The van der Waals surface area contributed by atoms with E-state index in [0.29, 0.717) is 40.7 Å². The molecule has 124 valence electrons. The maximum Gasteiger partial charge on any atom is 0.303 e. The number of nitrogens with zero attached hydrogens (tertiary/aromatic N) is 2. The van der Waals surface area contributed by atoms with E-state index in [-0.39, 0.29) is 12.0 Å². The lowest BCUT2D eigenvalue weighted by molar-refractivity contribution is -0.137. The van der Waals surface area contributed by atoms with Crippen LogP contribution in [-0.4, -0.2) is 32.0 Å². The molecule has 8 heteroatoms. The molecule has 0 aliphatic heterocycles. The number of H-pyrrole nitrogens is 1. The molecule has 3 aromatic heterocycles. The van der Waals surface area contributed by atoms with E-state index in [1.165, 1.54) is 0 Å². The highest BCUT2D eigenvalue weighted by Crippen LogP contribution is 2.27. The molecule has 0 bridgehead atoms. The average Bonchev–Trinajstić information content (AvgIpc) is 2.89. The summed E-state index contributed by atoms with van der Waals surface area (Å²) in [5, 5.41) is 12.4. The molecule has 0 atom stereocenters. The van der Waals surface area contributed by atoms with Crippen molar-refractivity contribution in [2.45, 2.75) is 12.8 Å². The molecule has 7 nitrogen and oxygen atoms in total. The van der Waals surface area contributed by atoms with Crippen molar-refractivity contribution in [3.8, 4) is 11.3 Å². The number of imidazole rings is 1. The van der Waals surface area contributed by atoms with Crippen molar-refractivity contribution < 1.29 is 9.90 Å². The number of aliphatic carboxylic acids is 1. The Balaban J connectivity index is 2.04. The van der Waals surface area contributed by atoms with Gasteiger partial charge in [-0.15, -0.1) is 0 Å². The lowest BCUT2D eigenvalue weighted by Gasteiger charge is -2.08. The maximum absolute atomic E-state index is 12.1. The van der Waals surface area contributed by atoms with Crippen molar-refractivity contribution in [3.63, 3.8) is 0 Å². The van der Waals surface area contributed by atoms with Crippen LogP contribution in [0.25, 0.3) is 16.9 Å². The van der Waals surface area contributed by atoms with E-state index in [4.69, 9.17) is 16.7 Å². The van der Waals surface area contributed by atoms with Gasteiger partial charge in [0.25, 0.3) is 5.56 Å². The van der Waals surface area contributed by atoms with Gasteiger partial charge in [-0.05, 0) is 30.7 Å². The third-order valence-corrected chi connectivity index (χ3v) is 3.74. The molecule has 0 spiro atoms. The van der Waals surface area contributed by atoms with E-state index in [1.54, 1.807) is 41.1 Å². The molecule has 0 aliphatic carbocycles. The van der Waals surface area contributed by atoms with Crippen molar-refractivity contribution in [2.24, 2.45) is 0 Å². The van der Waals surface area contributed by atoms with Crippen LogP contribution in [0, 0.1) is 0 Å². The zero-order valence-electron chi connectivity index (χ0n) is 12.6. The number of aromatic nitrogens is 3. The second-order valence-corrected chi connectivity index (χ2v) is 5.66. The van der Waals surface area contributed by atoms with E-state index in [0.717, 1.165) is 0 Å². The van der Waals surface area contributed by atoms with Crippen molar-refractivity contribution in [2.75, 3.05) is 11.9 Å². The molecule has 3 aromatic rings. The highest BCUT2D eigenvalue weighted by atomic mass is 35.5. The lowest BCUT2D eigenvalue weighted by atomic mass is 10.2. The Morgan fingerprint density at radius 2 is 2.21 bits per heavy atom. The summed E-state index contributed by atoms with van der Waals surface area (Å²) in [6.07, 6.45) is 3.77. The van der Waals surface area contributed by atoms with Gasteiger partial charge >= 0.3 is 5.97 Å². The minimum atomic E-state index is -0.849. The van der Waals surface area contributed by atoms with Crippen LogP contribution in [0.3, 0.4) is 0 Å². The van der Waals surface area contributed by atoms with Crippen LogP contribution >= 0.6 is 11.6 Å². The standard InChI is InChI=1S/C16H15ClN4O3/c17-10-5-6-12-20-14(11-3-1-8-19-16(11)24)15(21(12)9-10)18-7-2-4-13(22)23/h1,3,5-6,8-9,18H,2,4,7H2,(H,19,24)(H,22,23). The lowest BCUT2D eigenvalue weighted by Crippen LogP contribution is -2.11. The summed E-state index contributed by atoms with van der Waals surface area (Å²) in [5.41, 5.74) is 1.31. The number of halogens is 1. The van der Waals surface area contributed by atoms with E-state index in [2.05, 4.69) is 15.3 Å². The zero-order chi connectivity index (χ0) is 17.1. The monoisotopic (exact) mass is 346 g/mol. The summed E-state index contributed by atoms with van der Waals surface area (Å²) in [4.78, 5) is 29.9. The second-order valence-electron chi connectivity index (χ2n) is 5.22. The molecule has 3 rings (SSSR count). The molecule has 0 radical (unpaired) electrons. The van der Waals surface area contributed by atoms with Crippen LogP contribution in [0.2, 0.25) is 5.02 Å². The van der Waals surface area contributed by atoms with Gasteiger partial charge in [0.15, 0.2) is 0 Å². The fourth-order valence-corrected chi connectivity index (χ4v) is 2.59. The molecule has 0 unspecified atom stereocenters. The van der Waals surface area contributed by atoms with E-state index in [1.807, 2.05) is 0 Å². The van der Waals surface area contributed by atoms with Crippen LogP contribution in [0.15, 0.2) is 41.5 Å². The number of anilines is 1. The first-order valence-electron chi connectivity index (χ1n) is 7.37. The number of aromatic amines is 1. The first-order chi connectivity index (χ1) is 11.6. The number of carboxylic acid groups (broad SMARTS) is 1. The molecular formula is C16H15ClN4O3. The normalized spacial score (nSPS) is 10.9. The molecule has 0 aromatic carbocycles. The van der Waals surface area contributed by atoms with Gasteiger partial charge in [-0.3, -0.25) is 14.0 Å². The van der Waals surface area contributed by atoms with Crippen molar-refractivity contribution in [1.29, 1.82) is 0 Å². The van der Waals surface area contributed by atoms with Gasteiger partial charge in [0.2, 0.25) is 0 Å². The molecule has 0 fully saturated rings. The fourth-order valence-electron chi connectivity index (χ4n) is 2.43. The third kappa shape index (κ3) is 3.26. The zero-order valence-corrected chi connectivity index (χ0v) is 13.4. The number of fused-ring (bicyclic) bond motifs is 1.